The van der Waals surface area contributed by atoms with E-state index >= 15 is 0 Å². The minimum Gasteiger partial charge on any atom is -0.350 e. The van der Waals surface area contributed by atoms with Gasteiger partial charge in [-0.2, -0.15) is 0 Å². The van der Waals surface area contributed by atoms with Crippen molar-refractivity contribution >= 4 is 30.7 Å². The van der Waals surface area contributed by atoms with Gasteiger partial charge in [0.1, 0.15) is 0 Å². The molecule has 1 amide bonds. The highest BCUT2D eigenvalue weighted by molar-refractivity contribution is 5.86. The van der Waals surface area contributed by atoms with Crippen LogP contribution in [0.1, 0.15) is 52.4 Å². The molecule has 0 saturated carbocycles. The van der Waals surface area contributed by atoms with E-state index in [-0.39, 0.29) is 30.7 Å². The Morgan fingerprint density at radius 2 is 2.00 bits per heavy atom. The van der Waals surface area contributed by atoms with Gasteiger partial charge in [-0.15, -0.1) is 24.8 Å². The first-order valence-electron chi connectivity index (χ1n) is 7.38. The van der Waals surface area contributed by atoms with E-state index in [2.05, 4.69) is 17.1 Å². The van der Waals surface area contributed by atoms with Crippen molar-refractivity contribution in [1.82, 2.24) is 10.2 Å². The van der Waals surface area contributed by atoms with E-state index in [4.69, 9.17) is 5.73 Å². The maximum Gasteiger partial charge on any atom is 0.240 e. The molecule has 0 radical (unpaired) electrons. The molecule has 120 valence electrons. The molecule has 0 spiro atoms. The molecular weight excluding hydrogens is 297 g/mol. The first-order chi connectivity index (χ1) is 8.54. The summed E-state index contributed by atoms with van der Waals surface area (Å²) in [7, 11) is 0. The molecule has 2 aliphatic rings. The van der Waals surface area contributed by atoms with Crippen molar-refractivity contribution in [3.8, 4) is 0 Å². The van der Waals surface area contributed by atoms with Crippen LogP contribution in [-0.4, -0.2) is 41.5 Å². The molecule has 0 aromatic rings. The van der Waals surface area contributed by atoms with Crippen LogP contribution in [0.15, 0.2) is 0 Å². The molecule has 0 aliphatic carbocycles. The lowest BCUT2D eigenvalue weighted by molar-refractivity contribution is -0.127. The summed E-state index contributed by atoms with van der Waals surface area (Å²) in [5.41, 5.74) is 5.38. The summed E-state index contributed by atoms with van der Waals surface area (Å²) in [5, 5.41) is 3.20. The van der Waals surface area contributed by atoms with Gasteiger partial charge in [0.2, 0.25) is 5.91 Å². The predicted molar refractivity (Wildman–Crippen MR) is 87.8 cm³/mol. The van der Waals surface area contributed by atoms with Gasteiger partial charge in [0, 0.05) is 18.6 Å². The van der Waals surface area contributed by atoms with E-state index in [1.807, 2.05) is 6.92 Å². The molecular formula is C14H29Cl2N3O. The Kier molecular flexibility index (Phi) is 8.41. The molecule has 6 heteroatoms. The van der Waals surface area contributed by atoms with Crippen molar-refractivity contribution in [3.05, 3.63) is 0 Å². The number of nitrogens with two attached hydrogens (primary N) is 1. The standard InChI is InChI=1S/C14H27N3O.2ClH/c1-3-8-14(2,15)13(18)16-11-7-10-17-9-5-4-6-12(11)17;;/h11-12H,3-10,15H2,1-2H3,(H,16,18);2*1H. The van der Waals surface area contributed by atoms with Crippen LogP contribution in [0.4, 0.5) is 0 Å². The molecule has 4 nitrogen and oxygen atoms in total. The van der Waals surface area contributed by atoms with Gasteiger partial charge in [0.25, 0.3) is 0 Å². The highest BCUT2D eigenvalue weighted by Gasteiger charge is 2.38. The number of piperidine rings is 1. The molecule has 2 heterocycles. The van der Waals surface area contributed by atoms with Crippen LogP contribution in [0, 0.1) is 0 Å². The van der Waals surface area contributed by atoms with Crippen molar-refractivity contribution in [1.29, 1.82) is 0 Å². The van der Waals surface area contributed by atoms with Crippen molar-refractivity contribution in [3.63, 3.8) is 0 Å². The fourth-order valence-electron chi connectivity index (χ4n) is 3.38. The van der Waals surface area contributed by atoms with Gasteiger partial charge in [-0.1, -0.05) is 19.8 Å². The van der Waals surface area contributed by atoms with Crippen LogP contribution < -0.4 is 11.1 Å². The molecule has 0 aromatic carbocycles. The van der Waals surface area contributed by atoms with Crippen LogP contribution in [0.2, 0.25) is 0 Å². The molecule has 20 heavy (non-hydrogen) atoms. The van der Waals surface area contributed by atoms with E-state index in [0.29, 0.717) is 12.1 Å². The number of carbonyl (C=O) groups excluding carboxylic acids is 1. The van der Waals surface area contributed by atoms with E-state index in [1.165, 1.54) is 25.8 Å². The maximum atomic E-state index is 12.2. The van der Waals surface area contributed by atoms with Crippen LogP contribution in [-0.2, 0) is 4.79 Å². The zero-order valence-electron chi connectivity index (χ0n) is 12.6. The highest BCUT2D eigenvalue weighted by atomic mass is 35.5. The Bertz CT molecular complexity index is 313. The first-order valence-corrected chi connectivity index (χ1v) is 7.38. The lowest BCUT2D eigenvalue weighted by Crippen LogP contribution is -2.56. The van der Waals surface area contributed by atoms with Crippen molar-refractivity contribution < 1.29 is 4.79 Å². The monoisotopic (exact) mass is 325 g/mol. The normalized spacial score (nSPS) is 28.6. The Morgan fingerprint density at radius 1 is 1.30 bits per heavy atom. The number of nitrogens with one attached hydrogen (secondary N) is 1. The molecule has 0 bridgehead atoms. The van der Waals surface area contributed by atoms with E-state index in [0.717, 1.165) is 25.8 Å². The minimum absolute atomic E-state index is 0. The third-order valence-electron chi connectivity index (χ3n) is 4.46. The van der Waals surface area contributed by atoms with Gasteiger partial charge in [-0.3, -0.25) is 9.69 Å². The Hall–Kier alpha value is -0.0300. The Balaban J connectivity index is 0.00000180. The molecule has 3 N–H and O–H groups in total. The van der Waals surface area contributed by atoms with E-state index < -0.39 is 5.54 Å². The summed E-state index contributed by atoms with van der Waals surface area (Å²) in [6.45, 7) is 6.24. The van der Waals surface area contributed by atoms with Crippen LogP contribution >= 0.6 is 24.8 Å². The second-order valence-electron chi connectivity index (χ2n) is 6.14. The van der Waals surface area contributed by atoms with Gasteiger partial charge in [0.05, 0.1) is 5.54 Å². The van der Waals surface area contributed by atoms with Crippen LogP contribution in [0.5, 0.6) is 0 Å². The van der Waals surface area contributed by atoms with Crippen LogP contribution in [0.25, 0.3) is 0 Å². The molecule has 2 aliphatic heterocycles. The van der Waals surface area contributed by atoms with Crippen molar-refractivity contribution in [2.75, 3.05) is 13.1 Å². The maximum absolute atomic E-state index is 12.2. The number of hydrogen-bond donors (Lipinski definition) is 2. The minimum atomic E-state index is -0.711. The lowest BCUT2D eigenvalue weighted by Gasteiger charge is -2.34. The average molecular weight is 326 g/mol. The summed E-state index contributed by atoms with van der Waals surface area (Å²) in [5.74, 6) is 0.0294. The fourth-order valence-corrected chi connectivity index (χ4v) is 3.38. The molecule has 2 rings (SSSR count). The molecule has 2 fully saturated rings. The summed E-state index contributed by atoms with van der Waals surface area (Å²) in [6.07, 6.45) is 6.60. The molecule has 3 atom stereocenters. The fraction of sp³-hybridized carbons (Fsp3) is 0.929. The number of nitrogens with zero attached hydrogens (tertiary/aromatic N) is 1. The predicted octanol–water partition coefficient (Wildman–Crippen LogP) is 2.09. The van der Waals surface area contributed by atoms with Gasteiger partial charge >= 0.3 is 0 Å². The number of rotatable bonds is 4. The average Bonchev–Trinajstić information content (AvgIpc) is 2.73. The van der Waals surface area contributed by atoms with Crippen LogP contribution in [0.3, 0.4) is 0 Å². The smallest absolute Gasteiger partial charge is 0.240 e. The van der Waals surface area contributed by atoms with Gasteiger partial charge in [-0.05, 0) is 39.2 Å². The van der Waals surface area contributed by atoms with Gasteiger partial charge < -0.3 is 11.1 Å². The topological polar surface area (TPSA) is 58.4 Å². The number of fused-ring (bicyclic) bond motifs is 1. The number of hydrogen-bond acceptors (Lipinski definition) is 3. The number of halogens is 2. The Morgan fingerprint density at radius 3 is 2.65 bits per heavy atom. The first kappa shape index (κ1) is 20.0. The lowest BCUT2D eigenvalue weighted by atomic mass is 9.94. The molecule has 3 unspecified atom stereocenters. The third kappa shape index (κ3) is 4.48. The SMILES string of the molecule is CCCC(C)(N)C(=O)NC1CCN2CCCCC12.Cl.Cl. The van der Waals surface area contributed by atoms with Crippen molar-refractivity contribution in [2.24, 2.45) is 5.73 Å². The summed E-state index contributed by atoms with van der Waals surface area (Å²) < 4.78 is 0. The highest BCUT2D eigenvalue weighted by Crippen LogP contribution is 2.27. The number of amides is 1. The molecule has 0 aromatic heterocycles. The second kappa shape index (κ2) is 8.42. The zero-order chi connectivity index (χ0) is 13.2. The zero-order valence-corrected chi connectivity index (χ0v) is 14.2. The summed E-state index contributed by atoms with van der Waals surface area (Å²) in [6, 6.07) is 0.873. The van der Waals surface area contributed by atoms with Gasteiger partial charge in [0.15, 0.2) is 0 Å². The number of carbonyl (C=O) groups is 1. The molecule has 2 saturated heterocycles. The van der Waals surface area contributed by atoms with E-state index in [9.17, 15) is 4.79 Å². The largest absolute Gasteiger partial charge is 0.350 e. The van der Waals surface area contributed by atoms with Gasteiger partial charge in [-0.25, -0.2) is 0 Å². The summed E-state index contributed by atoms with van der Waals surface area (Å²) in [4.78, 5) is 14.8. The Labute approximate surface area is 135 Å². The van der Waals surface area contributed by atoms with Crippen molar-refractivity contribution in [2.45, 2.75) is 70.0 Å². The van der Waals surface area contributed by atoms with E-state index in [1.54, 1.807) is 0 Å². The quantitative estimate of drug-likeness (QED) is 0.832. The third-order valence-corrected chi connectivity index (χ3v) is 4.46. The second-order valence-corrected chi connectivity index (χ2v) is 6.14. The summed E-state index contributed by atoms with van der Waals surface area (Å²) >= 11 is 0.